The summed E-state index contributed by atoms with van der Waals surface area (Å²) in [5, 5.41) is 4.35. The molecule has 1 aromatic heterocycles. The fourth-order valence-corrected chi connectivity index (χ4v) is 1.95. The minimum Gasteiger partial charge on any atom is -0.394 e. The molecule has 2 aromatic rings. The number of benzene rings is 1. The molecule has 17 heavy (non-hydrogen) atoms. The van der Waals surface area contributed by atoms with Gasteiger partial charge in [-0.25, -0.2) is 0 Å². The molecule has 0 radical (unpaired) electrons. The summed E-state index contributed by atoms with van der Waals surface area (Å²) in [4.78, 5) is 2.06. The van der Waals surface area contributed by atoms with E-state index in [1.807, 2.05) is 20.3 Å². The summed E-state index contributed by atoms with van der Waals surface area (Å²) in [6.07, 6.45) is 1.82. The Morgan fingerprint density at radius 1 is 1.41 bits per heavy atom. The van der Waals surface area contributed by atoms with Gasteiger partial charge in [-0.05, 0) is 12.5 Å². The zero-order valence-electron chi connectivity index (χ0n) is 10.5. The van der Waals surface area contributed by atoms with Gasteiger partial charge in [0.15, 0.2) is 5.82 Å². The standard InChI is InChI=1S/C13H18N4/c1-10-5-4-6-11(7-10)8-16(2)13-12(14)9-17(3)15-13/h4-7,9H,8,14H2,1-3H3. The number of nitrogens with two attached hydrogens (primary N) is 1. The molecule has 0 fully saturated rings. The first-order chi connectivity index (χ1) is 8.06. The normalized spacial score (nSPS) is 10.5. The zero-order chi connectivity index (χ0) is 12.4. The summed E-state index contributed by atoms with van der Waals surface area (Å²) in [6, 6.07) is 8.46. The van der Waals surface area contributed by atoms with Gasteiger partial charge in [-0.15, -0.1) is 0 Å². The van der Waals surface area contributed by atoms with Crippen LogP contribution in [0.15, 0.2) is 30.5 Å². The second-order valence-electron chi connectivity index (χ2n) is 4.43. The van der Waals surface area contributed by atoms with Gasteiger partial charge in [-0.3, -0.25) is 4.68 Å². The monoisotopic (exact) mass is 230 g/mol. The molecule has 0 aliphatic rings. The van der Waals surface area contributed by atoms with Gasteiger partial charge in [0.2, 0.25) is 0 Å². The van der Waals surface area contributed by atoms with Crippen LogP contribution >= 0.6 is 0 Å². The molecule has 0 saturated heterocycles. The number of nitrogen functional groups attached to an aromatic ring is 1. The van der Waals surface area contributed by atoms with E-state index in [4.69, 9.17) is 5.73 Å². The topological polar surface area (TPSA) is 47.1 Å². The largest absolute Gasteiger partial charge is 0.394 e. The van der Waals surface area contributed by atoms with Crippen LogP contribution in [0.3, 0.4) is 0 Å². The maximum atomic E-state index is 5.90. The molecule has 90 valence electrons. The van der Waals surface area contributed by atoms with Crippen LogP contribution in [0, 0.1) is 6.92 Å². The third-order valence-electron chi connectivity index (χ3n) is 2.70. The van der Waals surface area contributed by atoms with Crippen LogP contribution in [-0.4, -0.2) is 16.8 Å². The van der Waals surface area contributed by atoms with E-state index in [0.29, 0.717) is 5.69 Å². The highest BCUT2D eigenvalue weighted by Gasteiger charge is 2.09. The predicted molar refractivity (Wildman–Crippen MR) is 70.9 cm³/mol. The van der Waals surface area contributed by atoms with Gasteiger partial charge in [0.1, 0.15) is 0 Å². The van der Waals surface area contributed by atoms with Gasteiger partial charge in [-0.2, -0.15) is 5.10 Å². The highest BCUT2D eigenvalue weighted by molar-refractivity contribution is 5.61. The molecule has 0 spiro atoms. The lowest BCUT2D eigenvalue weighted by Gasteiger charge is -2.17. The van der Waals surface area contributed by atoms with Crippen molar-refractivity contribution in [2.24, 2.45) is 7.05 Å². The van der Waals surface area contributed by atoms with Crippen molar-refractivity contribution in [1.29, 1.82) is 0 Å². The highest BCUT2D eigenvalue weighted by Crippen LogP contribution is 2.20. The summed E-state index contributed by atoms with van der Waals surface area (Å²) in [7, 11) is 3.88. The Kier molecular flexibility index (Phi) is 3.04. The quantitative estimate of drug-likeness (QED) is 0.876. The smallest absolute Gasteiger partial charge is 0.173 e. The van der Waals surface area contributed by atoms with E-state index in [1.54, 1.807) is 4.68 Å². The van der Waals surface area contributed by atoms with Crippen molar-refractivity contribution < 1.29 is 0 Å². The number of anilines is 2. The van der Waals surface area contributed by atoms with Crippen molar-refractivity contribution in [2.45, 2.75) is 13.5 Å². The van der Waals surface area contributed by atoms with Crippen molar-refractivity contribution in [1.82, 2.24) is 9.78 Å². The molecule has 2 N–H and O–H groups in total. The third kappa shape index (κ3) is 2.58. The molecule has 0 unspecified atom stereocenters. The number of hydrogen-bond donors (Lipinski definition) is 1. The molecule has 0 atom stereocenters. The first kappa shape index (κ1) is 11.5. The van der Waals surface area contributed by atoms with E-state index in [2.05, 4.69) is 41.2 Å². The second-order valence-corrected chi connectivity index (χ2v) is 4.43. The maximum absolute atomic E-state index is 5.90. The molecule has 0 saturated carbocycles. The lowest BCUT2D eigenvalue weighted by Crippen LogP contribution is -2.18. The number of rotatable bonds is 3. The van der Waals surface area contributed by atoms with Crippen molar-refractivity contribution >= 4 is 11.5 Å². The van der Waals surface area contributed by atoms with Crippen LogP contribution in [0.2, 0.25) is 0 Å². The second kappa shape index (κ2) is 4.49. The molecular formula is C13H18N4. The fraction of sp³-hybridized carbons (Fsp3) is 0.308. The Balaban J connectivity index is 2.16. The summed E-state index contributed by atoms with van der Waals surface area (Å²) < 4.78 is 1.73. The van der Waals surface area contributed by atoms with E-state index in [9.17, 15) is 0 Å². The van der Waals surface area contributed by atoms with Crippen molar-refractivity contribution in [3.05, 3.63) is 41.6 Å². The average Bonchev–Trinajstić information content (AvgIpc) is 2.58. The average molecular weight is 230 g/mol. The number of aromatic nitrogens is 2. The molecular weight excluding hydrogens is 212 g/mol. The minimum atomic E-state index is 0.711. The molecule has 0 aliphatic heterocycles. The summed E-state index contributed by atoms with van der Waals surface area (Å²) in [5.41, 5.74) is 9.14. The summed E-state index contributed by atoms with van der Waals surface area (Å²) in [5.74, 6) is 0.828. The Labute approximate surface area is 102 Å². The Morgan fingerprint density at radius 2 is 2.18 bits per heavy atom. The zero-order valence-corrected chi connectivity index (χ0v) is 10.5. The first-order valence-electron chi connectivity index (χ1n) is 5.62. The molecule has 1 heterocycles. The van der Waals surface area contributed by atoms with Crippen molar-refractivity contribution in [3.63, 3.8) is 0 Å². The van der Waals surface area contributed by atoms with Gasteiger partial charge in [-0.1, -0.05) is 29.8 Å². The van der Waals surface area contributed by atoms with Crippen LogP contribution in [0.25, 0.3) is 0 Å². The summed E-state index contributed by atoms with van der Waals surface area (Å²) >= 11 is 0. The lowest BCUT2D eigenvalue weighted by atomic mass is 10.1. The van der Waals surface area contributed by atoms with Gasteiger partial charge in [0.05, 0.1) is 5.69 Å². The lowest BCUT2D eigenvalue weighted by molar-refractivity contribution is 0.752. The highest BCUT2D eigenvalue weighted by atomic mass is 15.3. The molecule has 0 amide bonds. The number of hydrogen-bond acceptors (Lipinski definition) is 3. The van der Waals surface area contributed by atoms with Crippen LogP contribution in [0.1, 0.15) is 11.1 Å². The van der Waals surface area contributed by atoms with Crippen molar-refractivity contribution in [2.75, 3.05) is 17.7 Å². The Bertz CT molecular complexity index is 516. The van der Waals surface area contributed by atoms with E-state index >= 15 is 0 Å². The molecule has 4 nitrogen and oxygen atoms in total. The molecule has 0 bridgehead atoms. The summed E-state index contributed by atoms with van der Waals surface area (Å²) in [6.45, 7) is 2.90. The van der Waals surface area contributed by atoms with Crippen LogP contribution in [-0.2, 0) is 13.6 Å². The van der Waals surface area contributed by atoms with Crippen LogP contribution < -0.4 is 10.6 Å². The predicted octanol–water partition coefficient (Wildman–Crippen LogP) is 1.95. The maximum Gasteiger partial charge on any atom is 0.173 e. The number of nitrogens with zero attached hydrogens (tertiary/aromatic N) is 3. The molecule has 0 aliphatic carbocycles. The number of aryl methyl sites for hydroxylation is 2. The van der Waals surface area contributed by atoms with Gasteiger partial charge in [0.25, 0.3) is 0 Å². The third-order valence-corrected chi connectivity index (χ3v) is 2.70. The Hall–Kier alpha value is -1.97. The van der Waals surface area contributed by atoms with Crippen LogP contribution in [0.5, 0.6) is 0 Å². The van der Waals surface area contributed by atoms with E-state index < -0.39 is 0 Å². The van der Waals surface area contributed by atoms with Gasteiger partial charge < -0.3 is 10.6 Å². The minimum absolute atomic E-state index is 0.711. The van der Waals surface area contributed by atoms with E-state index in [-0.39, 0.29) is 0 Å². The van der Waals surface area contributed by atoms with E-state index in [1.165, 1.54) is 11.1 Å². The van der Waals surface area contributed by atoms with Crippen LogP contribution in [0.4, 0.5) is 11.5 Å². The molecule has 2 rings (SSSR count). The fourth-order valence-electron chi connectivity index (χ4n) is 1.95. The van der Waals surface area contributed by atoms with Gasteiger partial charge >= 0.3 is 0 Å². The molecule has 1 aromatic carbocycles. The van der Waals surface area contributed by atoms with E-state index in [0.717, 1.165) is 12.4 Å². The first-order valence-corrected chi connectivity index (χ1v) is 5.62. The Morgan fingerprint density at radius 3 is 2.76 bits per heavy atom. The molecule has 4 heteroatoms. The SMILES string of the molecule is Cc1cccc(CN(C)c2nn(C)cc2N)c1. The van der Waals surface area contributed by atoms with Gasteiger partial charge in [0, 0.05) is 26.8 Å². The van der Waals surface area contributed by atoms with Crippen molar-refractivity contribution in [3.8, 4) is 0 Å².